The Hall–Kier alpha value is -2.90. The van der Waals surface area contributed by atoms with E-state index in [1.807, 2.05) is 48.7 Å². The molecule has 1 aliphatic rings. The standard InChI is InChI=1S/C24H27N3O3S/c1-17-8-10-20(11-9-17)30-15-23-26-19(16-31-23)13-25-21(24(28)29)14-27-12-4-6-18-5-2-3-7-22(18)27/h2-3,5,7-11,16,21,25H,4,6,12-15H2,1H3,(H,28,29). The maximum absolute atomic E-state index is 11.9. The largest absolute Gasteiger partial charge is 0.486 e. The monoisotopic (exact) mass is 437 g/mol. The molecular weight excluding hydrogens is 410 g/mol. The molecule has 162 valence electrons. The topological polar surface area (TPSA) is 74.7 Å². The van der Waals surface area contributed by atoms with Gasteiger partial charge in [-0.2, -0.15) is 0 Å². The van der Waals surface area contributed by atoms with Gasteiger partial charge in [-0.1, -0.05) is 35.9 Å². The summed E-state index contributed by atoms with van der Waals surface area (Å²) in [5, 5.41) is 15.7. The summed E-state index contributed by atoms with van der Waals surface area (Å²) in [6.45, 7) is 4.16. The molecule has 0 fully saturated rings. The number of aliphatic carboxylic acids is 1. The van der Waals surface area contributed by atoms with Crippen molar-refractivity contribution < 1.29 is 14.6 Å². The van der Waals surface area contributed by atoms with E-state index < -0.39 is 12.0 Å². The second-order valence-electron chi connectivity index (χ2n) is 7.78. The number of aryl methyl sites for hydroxylation is 2. The van der Waals surface area contributed by atoms with Gasteiger partial charge in [0.05, 0.1) is 5.69 Å². The highest BCUT2D eigenvalue weighted by Gasteiger charge is 2.24. The number of fused-ring (bicyclic) bond motifs is 1. The number of thiazole rings is 1. The quantitative estimate of drug-likeness (QED) is 0.527. The van der Waals surface area contributed by atoms with Crippen LogP contribution in [0.5, 0.6) is 5.75 Å². The van der Waals surface area contributed by atoms with E-state index in [-0.39, 0.29) is 0 Å². The van der Waals surface area contributed by atoms with Crippen LogP contribution in [0, 0.1) is 6.92 Å². The molecule has 2 heterocycles. The number of ether oxygens (including phenoxy) is 1. The number of aromatic nitrogens is 1. The SMILES string of the molecule is Cc1ccc(OCc2nc(CNC(CN3CCCc4ccccc43)C(=O)O)cs2)cc1. The highest BCUT2D eigenvalue weighted by molar-refractivity contribution is 7.09. The minimum atomic E-state index is -0.846. The number of carbonyl (C=O) groups is 1. The van der Waals surface area contributed by atoms with Crippen LogP contribution < -0.4 is 15.0 Å². The van der Waals surface area contributed by atoms with Crippen molar-refractivity contribution in [1.29, 1.82) is 0 Å². The normalized spacial score (nSPS) is 14.2. The Bertz CT molecular complexity index is 1020. The second-order valence-corrected chi connectivity index (χ2v) is 8.73. The third-order valence-corrected chi connectivity index (χ3v) is 6.29. The molecule has 31 heavy (non-hydrogen) atoms. The van der Waals surface area contributed by atoms with E-state index in [1.165, 1.54) is 22.5 Å². The molecule has 7 heteroatoms. The molecule has 2 N–H and O–H groups in total. The van der Waals surface area contributed by atoms with Crippen molar-refractivity contribution in [3.8, 4) is 5.75 Å². The molecule has 6 nitrogen and oxygen atoms in total. The Labute approximate surface area is 186 Å². The summed E-state index contributed by atoms with van der Waals surface area (Å²) in [6.07, 6.45) is 2.09. The maximum atomic E-state index is 11.9. The predicted molar refractivity (Wildman–Crippen MR) is 123 cm³/mol. The molecule has 3 aromatic rings. The number of hydrogen-bond donors (Lipinski definition) is 2. The van der Waals surface area contributed by atoms with Crippen molar-refractivity contribution in [2.45, 2.75) is 39.0 Å². The minimum absolute atomic E-state index is 0.403. The van der Waals surface area contributed by atoms with Gasteiger partial charge in [-0.15, -0.1) is 11.3 Å². The summed E-state index contributed by atoms with van der Waals surface area (Å²) in [5.41, 5.74) is 4.45. The number of anilines is 1. The first-order valence-electron chi connectivity index (χ1n) is 10.5. The Kier molecular flexibility index (Phi) is 6.84. The van der Waals surface area contributed by atoms with E-state index in [1.54, 1.807) is 0 Å². The first-order valence-corrected chi connectivity index (χ1v) is 11.4. The van der Waals surface area contributed by atoms with Gasteiger partial charge in [0, 0.05) is 30.7 Å². The summed E-state index contributed by atoms with van der Waals surface area (Å²) in [5.74, 6) is -0.0329. The summed E-state index contributed by atoms with van der Waals surface area (Å²) >= 11 is 1.52. The molecule has 1 unspecified atom stereocenters. The number of nitrogens with zero attached hydrogens (tertiary/aromatic N) is 2. The molecular formula is C24H27N3O3S. The zero-order valence-electron chi connectivity index (χ0n) is 17.6. The summed E-state index contributed by atoms with van der Waals surface area (Å²) in [6, 6.07) is 15.5. The van der Waals surface area contributed by atoms with Gasteiger partial charge in [0.15, 0.2) is 0 Å². The van der Waals surface area contributed by atoms with Crippen molar-refractivity contribution in [2.75, 3.05) is 18.0 Å². The third kappa shape index (κ3) is 5.62. The molecule has 0 saturated heterocycles. The number of carboxylic acids is 1. The first kappa shape index (κ1) is 21.3. The van der Waals surface area contributed by atoms with Gasteiger partial charge in [-0.3, -0.25) is 10.1 Å². The van der Waals surface area contributed by atoms with Crippen LogP contribution in [0.25, 0.3) is 0 Å². The van der Waals surface area contributed by atoms with Crippen molar-refractivity contribution in [3.63, 3.8) is 0 Å². The van der Waals surface area contributed by atoms with Gasteiger partial charge in [-0.05, 0) is 43.5 Å². The number of rotatable bonds is 9. The highest BCUT2D eigenvalue weighted by Crippen LogP contribution is 2.26. The van der Waals surface area contributed by atoms with E-state index >= 15 is 0 Å². The van der Waals surface area contributed by atoms with Crippen LogP contribution in [0.2, 0.25) is 0 Å². The molecule has 0 radical (unpaired) electrons. The Morgan fingerprint density at radius 2 is 2.06 bits per heavy atom. The Morgan fingerprint density at radius 1 is 1.26 bits per heavy atom. The lowest BCUT2D eigenvalue weighted by Gasteiger charge is -2.33. The maximum Gasteiger partial charge on any atom is 0.322 e. The van der Waals surface area contributed by atoms with Gasteiger partial charge in [0.1, 0.15) is 23.4 Å². The van der Waals surface area contributed by atoms with E-state index in [0.717, 1.165) is 41.5 Å². The molecule has 0 amide bonds. The van der Waals surface area contributed by atoms with Gasteiger partial charge in [0.25, 0.3) is 0 Å². The number of para-hydroxylation sites is 1. The zero-order chi connectivity index (χ0) is 21.6. The van der Waals surface area contributed by atoms with Crippen LogP contribution in [0.15, 0.2) is 53.9 Å². The number of nitrogens with one attached hydrogen (secondary N) is 1. The molecule has 2 aromatic carbocycles. The summed E-state index contributed by atoms with van der Waals surface area (Å²) < 4.78 is 5.78. The fourth-order valence-electron chi connectivity index (χ4n) is 3.76. The van der Waals surface area contributed by atoms with Gasteiger partial charge in [0.2, 0.25) is 0 Å². The number of carboxylic acid groups (broad SMARTS) is 1. The molecule has 0 aliphatic carbocycles. The lowest BCUT2D eigenvalue weighted by atomic mass is 10.0. The molecule has 1 aliphatic heterocycles. The lowest BCUT2D eigenvalue weighted by molar-refractivity contribution is -0.139. The van der Waals surface area contributed by atoms with Crippen molar-refractivity contribution in [3.05, 3.63) is 75.7 Å². The number of benzene rings is 2. The van der Waals surface area contributed by atoms with Crippen LogP contribution >= 0.6 is 11.3 Å². The fourth-order valence-corrected chi connectivity index (χ4v) is 4.46. The van der Waals surface area contributed by atoms with Crippen molar-refractivity contribution >= 4 is 23.0 Å². The second kappa shape index (κ2) is 9.94. The van der Waals surface area contributed by atoms with E-state index in [0.29, 0.717) is 19.7 Å². The van der Waals surface area contributed by atoms with Crippen LogP contribution in [0.3, 0.4) is 0 Å². The van der Waals surface area contributed by atoms with Crippen molar-refractivity contribution in [2.24, 2.45) is 0 Å². The Balaban J connectivity index is 1.32. The molecule has 0 saturated carbocycles. The van der Waals surface area contributed by atoms with Crippen molar-refractivity contribution in [1.82, 2.24) is 10.3 Å². The van der Waals surface area contributed by atoms with E-state index in [2.05, 4.69) is 27.3 Å². The average molecular weight is 438 g/mol. The van der Waals surface area contributed by atoms with Gasteiger partial charge in [-0.25, -0.2) is 4.98 Å². The van der Waals surface area contributed by atoms with Crippen LogP contribution in [-0.2, 0) is 24.4 Å². The van der Waals surface area contributed by atoms with Gasteiger partial charge < -0.3 is 14.7 Å². The van der Waals surface area contributed by atoms with Crippen LogP contribution in [0.4, 0.5) is 5.69 Å². The molecule has 1 aromatic heterocycles. The van der Waals surface area contributed by atoms with Crippen LogP contribution in [0.1, 0.15) is 28.2 Å². The van der Waals surface area contributed by atoms with E-state index in [4.69, 9.17) is 4.74 Å². The molecule has 1 atom stereocenters. The highest BCUT2D eigenvalue weighted by atomic mass is 32.1. The Morgan fingerprint density at radius 3 is 2.87 bits per heavy atom. The average Bonchev–Trinajstić information content (AvgIpc) is 3.24. The molecule has 4 rings (SSSR count). The predicted octanol–water partition coefficient (Wildman–Crippen LogP) is 4.03. The fraction of sp³-hybridized carbons (Fsp3) is 0.333. The minimum Gasteiger partial charge on any atom is -0.486 e. The van der Waals surface area contributed by atoms with Gasteiger partial charge >= 0.3 is 5.97 Å². The molecule has 0 spiro atoms. The summed E-state index contributed by atoms with van der Waals surface area (Å²) in [4.78, 5) is 18.6. The zero-order valence-corrected chi connectivity index (χ0v) is 18.4. The first-order chi connectivity index (χ1) is 15.1. The lowest BCUT2D eigenvalue weighted by Crippen LogP contribution is -2.47. The third-order valence-electron chi connectivity index (χ3n) is 5.42. The molecule has 0 bridgehead atoms. The van der Waals surface area contributed by atoms with Crippen LogP contribution in [-0.4, -0.2) is 35.2 Å². The number of hydrogen-bond acceptors (Lipinski definition) is 6. The van der Waals surface area contributed by atoms with E-state index in [9.17, 15) is 9.90 Å². The summed E-state index contributed by atoms with van der Waals surface area (Å²) in [7, 11) is 0. The smallest absolute Gasteiger partial charge is 0.322 e.